The summed E-state index contributed by atoms with van der Waals surface area (Å²) in [6, 6.07) is 19.0. The first-order chi connectivity index (χ1) is 13.6. The zero-order valence-electron chi connectivity index (χ0n) is 15.2. The summed E-state index contributed by atoms with van der Waals surface area (Å²) in [6.07, 6.45) is 1.77. The van der Waals surface area contributed by atoms with Crippen molar-refractivity contribution in [2.45, 2.75) is 12.3 Å². The number of ketones is 2. The SMILES string of the molecule is O=C1C=NC(C(=O)Nc2ccccc2)=C(N2CCC(c3ccccc3)C2)C1=O. The van der Waals surface area contributed by atoms with E-state index >= 15 is 0 Å². The number of hydrogen-bond acceptors (Lipinski definition) is 5. The van der Waals surface area contributed by atoms with Crippen molar-refractivity contribution in [3.8, 4) is 0 Å². The van der Waals surface area contributed by atoms with Crippen LogP contribution in [0.15, 0.2) is 77.1 Å². The van der Waals surface area contributed by atoms with Crippen molar-refractivity contribution in [3.05, 3.63) is 77.6 Å². The van der Waals surface area contributed by atoms with E-state index in [9.17, 15) is 14.4 Å². The topological polar surface area (TPSA) is 78.8 Å². The molecular weight excluding hydrogens is 354 g/mol. The van der Waals surface area contributed by atoms with Gasteiger partial charge in [-0.1, -0.05) is 48.5 Å². The number of Topliss-reactive ketones (excluding diaryl/α,β-unsaturated/α-hetero) is 2. The molecule has 0 radical (unpaired) electrons. The fourth-order valence-electron chi connectivity index (χ4n) is 3.60. The molecule has 28 heavy (non-hydrogen) atoms. The van der Waals surface area contributed by atoms with Crippen molar-refractivity contribution in [2.24, 2.45) is 4.99 Å². The summed E-state index contributed by atoms with van der Waals surface area (Å²) >= 11 is 0. The summed E-state index contributed by atoms with van der Waals surface area (Å²) in [5.41, 5.74) is 1.86. The predicted octanol–water partition coefficient (Wildman–Crippen LogP) is 2.55. The van der Waals surface area contributed by atoms with E-state index < -0.39 is 17.5 Å². The first-order valence-electron chi connectivity index (χ1n) is 9.17. The molecule has 1 N–H and O–H groups in total. The molecule has 1 saturated heterocycles. The number of carbonyl (C=O) groups excluding carboxylic acids is 3. The van der Waals surface area contributed by atoms with Crippen LogP contribution in [0.3, 0.4) is 0 Å². The molecule has 2 aliphatic rings. The fraction of sp³-hybridized carbons (Fsp3) is 0.182. The Hall–Kier alpha value is -3.54. The van der Waals surface area contributed by atoms with Gasteiger partial charge >= 0.3 is 0 Å². The van der Waals surface area contributed by atoms with Crippen molar-refractivity contribution in [1.29, 1.82) is 0 Å². The van der Waals surface area contributed by atoms with Crippen LogP contribution in [0.5, 0.6) is 0 Å². The van der Waals surface area contributed by atoms with E-state index in [4.69, 9.17) is 0 Å². The maximum absolute atomic E-state index is 12.8. The lowest BCUT2D eigenvalue weighted by Crippen LogP contribution is -2.36. The van der Waals surface area contributed by atoms with Crippen LogP contribution in [0.4, 0.5) is 5.69 Å². The van der Waals surface area contributed by atoms with Crippen LogP contribution in [-0.4, -0.2) is 41.7 Å². The minimum atomic E-state index is -0.700. The Bertz CT molecular complexity index is 981. The largest absolute Gasteiger partial charge is 0.366 e. The number of likely N-dealkylation sites (tertiary alicyclic amines) is 1. The Morgan fingerprint density at radius 1 is 1.00 bits per heavy atom. The zero-order chi connectivity index (χ0) is 19.5. The van der Waals surface area contributed by atoms with Crippen LogP contribution in [0, 0.1) is 0 Å². The second kappa shape index (κ2) is 7.60. The van der Waals surface area contributed by atoms with Crippen molar-refractivity contribution >= 4 is 29.4 Å². The molecule has 1 fully saturated rings. The second-order valence-electron chi connectivity index (χ2n) is 6.81. The highest BCUT2D eigenvalue weighted by atomic mass is 16.2. The van der Waals surface area contributed by atoms with Crippen LogP contribution in [0.2, 0.25) is 0 Å². The number of hydrogen-bond donors (Lipinski definition) is 1. The summed E-state index contributed by atoms with van der Waals surface area (Å²) in [5.74, 6) is -1.64. The van der Waals surface area contributed by atoms with Gasteiger partial charge in [-0.25, -0.2) is 4.99 Å². The summed E-state index contributed by atoms with van der Waals surface area (Å²) in [4.78, 5) is 43.1. The average molecular weight is 373 g/mol. The Morgan fingerprint density at radius 3 is 2.39 bits per heavy atom. The number of anilines is 1. The number of allylic oxidation sites excluding steroid dienone is 1. The first kappa shape index (κ1) is 17.9. The van der Waals surface area contributed by atoms with E-state index in [0.717, 1.165) is 12.6 Å². The first-order valence-corrected chi connectivity index (χ1v) is 9.17. The van der Waals surface area contributed by atoms with Gasteiger partial charge in [-0.05, 0) is 24.1 Å². The molecule has 1 amide bonds. The molecule has 0 aliphatic carbocycles. The lowest BCUT2D eigenvalue weighted by molar-refractivity contribution is -0.131. The van der Waals surface area contributed by atoms with Crippen molar-refractivity contribution in [3.63, 3.8) is 0 Å². The quantitative estimate of drug-likeness (QED) is 0.836. The molecule has 6 nitrogen and oxygen atoms in total. The number of carbonyl (C=O) groups is 3. The third kappa shape index (κ3) is 3.49. The van der Waals surface area contributed by atoms with E-state index in [1.807, 2.05) is 29.2 Å². The van der Waals surface area contributed by atoms with Gasteiger partial charge in [0.05, 0.1) is 6.21 Å². The Balaban J connectivity index is 1.62. The number of aliphatic imine (C=N–C) groups is 1. The minimum absolute atomic E-state index is 0.0119. The Morgan fingerprint density at radius 2 is 1.68 bits per heavy atom. The standard InChI is InChI=1S/C22H19N3O3/c26-18-13-23-19(22(28)24-17-9-5-2-6-10-17)20(21(18)27)25-12-11-16(14-25)15-7-3-1-4-8-15/h1-10,13,16H,11-12,14H2,(H,24,28). The van der Waals surface area contributed by atoms with Gasteiger partial charge < -0.3 is 10.2 Å². The number of amides is 1. The molecule has 1 atom stereocenters. The predicted molar refractivity (Wildman–Crippen MR) is 106 cm³/mol. The van der Waals surface area contributed by atoms with Crippen LogP contribution >= 0.6 is 0 Å². The minimum Gasteiger partial charge on any atom is -0.366 e. The van der Waals surface area contributed by atoms with Gasteiger partial charge in [0.1, 0.15) is 5.70 Å². The smallest absolute Gasteiger partial charge is 0.276 e. The van der Waals surface area contributed by atoms with E-state index in [0.29, 0.717) is 18.8 Å². The van der Waals surface area contributed by atoms with Gasteiger partial charge in [0, 0.05) is 24.7 Å². The molecule has 0 spiro atoms. The summed E-state index contributed by atoms with van der Waals surface area (Å²) in [7, 11) is 0. The van der Waals surface area contributed by atoms with Gasteiger partial charge in [0.15, 0.2) is 5.70 Å². The molecular formula is C22H19N3O3. The maximum Gasteiger partial charge on any atom is 0.276 e. The van der Waals surface area contributed by atoms with Crippen LogP contribution < -0.4 is 5.32 Å². The zero-order valence-corrected chi connectivity index (χ0v) is 15.2. The summed E-state index contributed by atoms with van der Waals surface area (Å²) < 4.78 is 0. The van der Waals surface area contributed by atoms with E-state index in [1.165, 1.54) is 5.56 Å². The van der Waals surface area contributed by atoms with E-state index in [1.54, 1.807) is 24.3 Å². The Kier molecular flexibility index (Phi) is 4.85. The number of para-hydroxylation sites is 1. The van der Waals surface area contributed by atoms with Gasteiger partial charge in [0.25, 0.3) is 11.7 Å². The molecule has 2 aromatic rings. The van der Waals surface area contributed by atoms with Crippen molar-refractivity contribution in [2.75, 3.05) is 18.4 Å². The van der Waals surface area contributed by atoms with Gasteiger partial charge in [-0.3, -0.25) is 14.4 Å². The lowest BCUT2D eigenvalue weighted by Gasteiger charge is -2.24. The van der Waals surface area contributed by atoms with Crippen LogP contribution in [0.1, 0.15) is 17.9 Å². The lowest BCUT2D eigenvalue weighted by atomic mass is 9.99. The number of nitrogens with one attached hydrogen (secondary N) is 1. The van der Waals surface area contributed by atoms with E-state index in [-0.39, 0.29) is 17.3 Å². The third-order valence-corrected chi connectivity index (χ3v) is 5.00. The van der Waals surface area contributed by atoms with Crippen LogP contribution in [-0.2, 0) is 14.4 Å². The molecule has 1 unspecified atom stereocenters. The summed E-state index contributed by atoms with van der Waals surface area (Å²) in [6.45, 7) is 1.15. The average Bonchev–Trinajstić information content (AvgIpc) is 3.21. The molecule has 4 rings (SSSR count). The number of nitrogens with zero attached hydrogens (tertiary/aromatic N) is 2. The Labute approximate surface area is 162 Å². The molecule has 0 saturated carbocycles. The highest BCUT2D eigenvalue weighted by Gasteiger charge is 2.36. The monoisotopic (exact) mass is 373 g/mol. The number of benzene rings is 2. The normalized spacial score (nSPS) is 19.3. The second-order valence-corrected chi connectivity index (χ2v) is 6.81. The van der Waals surface area contributed by atoms with Gasteiger partial charge in [-0.2, -0.15) is 0 Å². The fourth-order valence-corrected chi connectivity index (χ4v) is 3.60. The molecule has 0 aromatic heterocycles. The van der Waals surface area contributed by atoms with Crippen LogP contribution in [0.25, 0.3) is 0 Å². The maximum atomic E-state index is 12.8. The third-order valence-electron chi connectivity index (χ3n) is 5.00. The molecule has 140 valence electrons. The van der Waals surface area contributed by atoms with Gasteiger partial charge in [-0.15, -0.1) is 0 Å². The molecule has 2 aliphatic heterocycles. The van der Waals surface area contributed by atoms with Crippen molar-refractivity contribution < 1.29 is 14.4 Å². The molecule has 6 heteroatoms. The van der Waals surface area contributed by atoms with Gasteiger partial charge in [0.2, 0.25) is 5.78 Å². The highest BCUT2D eigenvalue weighted by Crippen LogP contribution is 2.31. The highest BCUT2D eigenvalue weighted by molar-refractivity contribution is 6.64. The number of rotatable bonds is 4. The summed E-state index contributed by atoms with van der Waals surface area (Å²) in [5, 5.41) is 2.74. The van der Waals surface area contributed by atoms with E-state index in [2.05, 4.69) is 22.4 Å². The molecule has 0 bridgehead atoms. The molecule has 2 heterocycles. The van der Waals surface area contributed by atoms with Crippen molar-refractivity contribution in [1.82, 2.24) is 4.90 Å². The molecule has 2 aromatic carbocycles.